The summed E-state index contributed by atoms with van der Waals surface area (Å²) in [5.74, 6) is 0. The maximum Gasteiger partial charge on any atom is 0.0992 e. The van der Waals surface area contributed by atoms with Crippen molar-refractivity contribution in [1.29, 1.82) is 0 Å². The Balaban J connectivity index is 1.99. The molecule has 2 nitrogen and oxygen atoms in total. The molecule has 0 bridgehead atoms. The monoisotopic (exact) mass is 113 g/mol. The Labute approximate surface area is 49.0 Å². The lowest BCUT2D eigenvalue weighted by Gasteiger charge is -2.11. The number of epoxide rings is 1. The third-order valence-corrected chi connectivity index (χ3v) is 2.07. The molecule has 0 unspecified atom stereocenters. The van der Waals surface area contributed by atoms with E-state index in [0.29, 0.717) is 18.2 Å². The van der Waals surface area contributed by atoms with Gasteiger partial charge >= 0.3 is 0 Å². The molecule has 1 saturated heterocycles. The van der Waals surface area contributed by atoms with Gasteiger partial charge in [-0.15, -0.1) is 0 Å². The minimum atomic E-state index is 0.355. The lowest BCUT2D eigenvalue weighted by molar-refractivity contribution is 0.359. The van der Waals surface area contributed by atoms with Gasteiger partial charge in [-0.1, -0.05) is 0 Å². The van der Waals surface area contributed by atoms with E-state index in [4.69, 9.17) is 10.5 Å². The van der Waals surface area contributed by atoms with Crippen molar-refractivity contribution < 1.29 is 4.74 Å². The second-order valence-corrected chi connectivity index (χ2v) is 2.73. The van der Waals surface area contributed by atoms with Crippen molar-refractivity contribution in [2.24, 2.45) is 5.73 Å². The number of fused-ring (bicyclic) bond motifs is 1. The quantitative estimate of drug-likeness (QED) is 0.458. The normalized spacial score (nSPS) is 52.9. The molecule has 0 amide bonds. The highest BCUT2D eigenvalue weighted by Gasteiger charge is 2.45. The van der Waals surface area contributed by atoms with Gasteiger partial charge in [0.15, 0.2) is 0 Å². The van der Waals surface area contributed by atoms with Gasteiger partial charge < -0.3 is 10.5 Å². The lowest BCUT2D eigenvalue weighted by Crippen LogP contribution is -2.30. The molecule has 1 aliphatic carbocycles. The molecule has 2 aliphatic rings. The van der Waals surface area contributed by atoms with Gasteiger partial charge in [-0.3, -0.25) is 0 Å². The summed E-state index contributed by atoms with van der Waals surface area (Å²) in [5.41, 5.74) is 5.69. The zero-order valence-corrected chi connectivity index (χ0v) is 4.84. The molecule has 2 N–H and O–H groups in total. The van der Waals surface area contributed by atoms with Crippen molar-refractivity contribution in [2.75, 3.05) is 0 Å². The molecule has 2 fully saturated rings. The third-order valence-electron chi connectivity index (χ3n) is 2.07. The van der Waals surface area contributed by atoms with Crippen molar-refractivity contribution in [3.63, 3.8) is 0 Å². The summed E-state index contributed by atoms with van der Waals surface area (Å²) in [4.78, 5) is 0. The molecular formula is C6H11NO. The zero-order chi connectivity index (χ0) is 5.56. The Morgan fingerprint density at radius 2 is 2.25 bits per heavy atom. The molecule has 0 aromatic heterocycles. The van der Waals surface area contributed by atoms with Crippen LogP contribution in [0.15, 0.2) is 0 Å². The first-order chi connectivity index (χ1) is 3.88. The maximum absolute atomic E-state index is 5.69. The summed E-state index contributed by atoms with van der Waals surface area (Å²) in [6.07, 6.45) is 4.68. The van der Waals surface area contributed by atoms with Crippen molar-refractivity contribution in [3.8, 4) is 0 Å². The second-order valence-electron chi connectivity index (χ2n) is 2.73. The Morgan fingerprint density at radius 3 is 2.88 bits per heavy atom. The number of hydrogen-bond acceptors (Lipinski definition) is 2. The topological polar surface area (TPSA) is 38.5 Å². The summed E-state index contributed by atoms with van der Waals surface area (Å²) < 4.78 is 5.27. The third kappa shape index (κ3) is 0.565. The van der Waals surface area contributed by atoms with E-state index in [1.54, 1.807) is 0 Å². The highest BCUT2D eigenvalue weighted by atomic mass is 16.6. The first-order valence-corrected chi connectivity index (χ1v) is 3.29. The fourth-order valence-corrected chi connectivity index (χ4v) is 1.48. The Hall–Kier alpha value is -0.0800. The molecule has 0 aromatic rings. The zero-order valence-electron chi connectivity index (χ0n) is 4.84. The minimum absolute atomic E-state index is 0.355. The van der Waals surface area contributed by atoms with E-state index in [1.807, 2.05) is 0 Å². The van der Waals surface area contributed by atoms with Gasteiger partial charge in [0.05, 0.1) is 12.2 Å². The minimum Gasteiger partial charge on any atom is -0.368 e. The SMILES string of the molecule is N[C@H]1CCC[C@H]2O[C@@H]12. The van der Waals surface area contributed by atoms with E-state index in [2.05, 4.69) is 0 Å². The van der Waals surface area contributed by atoms with Crippen LogP contribution in [0.4, 0.5) is 0 Å². The van der Waals surface area contributed by atoms with E-state index in [1.165, 1.54) is 19.3 Å². The van der Waals surface area contributed by atoms with Crippen LogP contribution in [0.1, 0.15) is 19.3 Å². The van der Waals surface area contributed by atoms with Crippen molar-refractivity contribution in [1.82, 2.24) is 0 Å². The van der Waals surface area contributed by atoms with Crippen molar-refractivity contribution in [3.05, 3.63) is 0 Å². The first-order valence-electron chi connectivity index (χ1n) is 3.29. The predicted octanol–water partition coefficient (Wildman–Crippen LogP) is 0.265. The van der Waals surface area contributed by atoms with Crippen LogP contribution >= 0.6 is 0 Å². The number of nitrogens with two attached hydrogens (primary N) is 1. The van der Waals surface area contributed by atoms with Crippen molar-refractivity contribution >= 4 is 0 Å². The number of rotatable bonds is 0. The van der Waals surface area contributed by atoms with Crippen LogP contribution in [0.2, 0.25) is 0 Å². The van der Waals surface area contributed by atoms with Crippen LogP contribution < -0.4 is 5.73 Å². The van der Waals surface area contributed by atoms with Gasteiger partial charge in [-0.2, -0.15) is 0 Å². The summed E-state index contributed by atoms with van der Waals surface area (Å²) >= 11 is 0. The average molecular weight is 113 g/mol. The molecule has 3 atom stereocenters. The highest BCUT2D eigenvalue weighted by Crippen LogP contribution is 2.35. The summed E-state index contributed by atoms with van der Waals surface area (Å²) in [6.45, 7) is 0. The number of hydrogen-bond donors (Lipinski definition) is 1. The molecule has 0 radical (unpaired) electrons. The highest BCUT2D eigenvalue weighted by molar-refractivity contribution is 4.96. The van der Waals surface area contributed by atoms with Gasteiger partial charge in [0.2, 0.25) is 0 Å². The second kappa shape index (κ2) is 1.45. The van der Waals surface area contributed by atoms with Crippen LogP contribution in [-0.2, 0) is 4.74 Å². The van der Waals surface area contributed by atoms with Crippen LogP contribution in [0.25, 0.3) is 0 Å². The Morgan fingerprint density at radius 1 is 1.38 bits per heavy atom. The van der Waals surface area contributed by atoms with E-state index >= 15 is 0 Å². The lowest BCUT2D eigenvalue weighted by atomic mass is 9.97. The maximum atomic E-state index is 5.69. The van der Waals surface area contributed by atoms with Crippen LogP contribution in [0.5, 0.6) is 0 Å². The van der Waals surface area contributed by atoms with Gasteiger partial charge in [-0.25, -0.2) is 0 Å². The fraction of sp³-hybridized carbons (Fsp3) is 1.00. The van der Waals surface area contributed by atoms with Crippen LogP contribution in [0.3, 0.4) is 0 Å². The number of ether oxygens (including phenoxy) is 1. The first kappa shape index (κ1) is 4.77. The molecule has 0 aromatic carbocycles. The molecular weight excluding hydrogens is 102 g/mol. The van der Waals surface area contributed by atoms with E-state index < -0.39 is 0 Å². The summed E-state index contributed by atoms with van der Waals surface area (Å²) in [6, 6.07) is 0.355. The largest absolute Gasteiger partial charge is 0.368 e. The van der Waals surface area contributed by atoms with Gasteiger partial charge in [0.25, 0.3) is 0 Å². The molecule has 1 saturated carbocycles. The van der Waals surface area contributed by atoms with Crippen LogP contribution in [0, 0.1) is 0 Å². The molecule has 1 aliphatic heterocycles. The molecule has 2 rings (SSSR count). The summed E-state index contributed by atoms with van der Waals surface area (Å²) in [5, 5.41) is 0. The van der Waals surface area contributed by atoms with E-state index in [-0.39, 0.29) is 0 Å². The van der Waals surface area contributed by atoms with E-state index in [0.717, 1.165) is 0 Å². The summed E-state index contributed by atoms with van der Waals surface area (Å²) in [7, 11) is 0. The van der Waals surface area contributed by atoms with E-state index in [9.17, 15) is 0 Å². The Bertz CT molecular complexity index is 105. The predicted molar refractivity (Wildman–Crippen MR) is 30.5 cm³/mol. The molecule has 0 spiro atoms. The molecule has 8 heavy (non-hydrogen) atoms. The standard InChI is InChI=1S/C6H11NO/c7-4-2-1-3-5-6(4)8-5/h4-6H,1-3,7H2/t4-,5+,6-/m0/s1. The smallest absolute Gasteiger partial charge is 0.0992 e. The van der Waals surface area contributed by atoms with Crippen molar-refractivity contribution in [2.45, 2.75) is 37.5 Å². The van der Waals surface area contributed by atoms with Gasteiger partial charge in [0, 0.05) is 6.04 Å². The molecule has 2 heteroatoms. The Kier molecular flexibility index (Phi) is 0.866. The molecule has 46 valence electrons. The van der Waals surface area contributed by atoms with Gasteiger partial charge in [0.1, 0.15) is 0 Å². The fourth-order valence-electron chi connectivity index (χ4n) is 1.48. The van der Waals surface area contributed by atoms with Gasteiger partial charge in [-0.05, 0) is 19.3 Å². The average Bonchev–Trinajstić information content (AvgIpc) is 2.45. The van der Waals surface area contributed by atoms with Crippen LogP contribution in [-0.4, -0.2) is 18.2 Å². The molecule has 1 heterocycles.